The second-order valence-electron chi connectivity index (χ2n) is 2.79. The molecule has 0 unspecified atom stereocenters. The SMILES string of the molecule is C[O][Ti]([CH2]c1ccccn1)([O]C)[O]C. The predicted octanol–water partition coefficient (Wildman–Crippen LogP) is 1.42. The third-order valence-corrected chi connectivity index (χ3v) is 6.21. The zero-order valence-electron chi connectivity index (χ0n) is 8.69. The van der Waals surface area contributed by atoms with Gasteiger partial charge in [0.2, 0.25) is 0 Å². The molecule has 78 valence electrons. The molecule has 0 aliphatic rings. The number of nitrogens with zero attached hydrogens (tertiary/aromatic N) is 1. The Bertz CT molecular complexity index is 256. The molecule has 5 heteroatoms. The van der Waals surface area contributed by atoms with E-state index in [0.717, 1.165) is 5.69 Å². The molecule has 0 fully saturated rings. The molecule has 0 aliphatic carbocycles. The predicted molar refractivity (Wildman–Crippen MR) is 49.0 cm³/mol. The Morgan fingerprint density at radius 1 is 1.14 bits per heavy atom. The van der Waals surface area contributed by atoms with Crippen molar-refractivity contribution in [1.29, 1.82) is 0 Å². The zero-order valence-corrected chi connectivity index (χ0v) is 10.3. The van der Waals surface area contributed by atoms with Crippen molar-refractivity contribution in [3.63, 3.8) is 0 Å². The Balaban J connectivity index is 2.74. The molecule has 4 nitrogen and oxygen atoms in total. The second kappa shape index (κ2) is 5.58. The number of hydrogen-bond acceptors (Lipinski definition) is 4. The average Bonchev–Trinajstić information content (AvgIpc) is 2.28. The van der Waals surface area contributed by atoms with E-state index in [4.69, 9.17) is 9.96 Å². The van der Waals surface area contributed by atoms with Gasteiger partial charge in [0, 0.05) is 0 Å². The van der Waals surface area contributed by atoms with Gasteiger partial charge in [-0.3, -0.25) is 0 Å². The van der Waals surface area contributed by atoms with Crippen LogP contribution in [0, 0.1) is 0 Å². The molecule has 0 saturated carbocycles. The van der Waals surface area contributed by atoms with Crippen molar-refractivity contribution >= 4 is 0 Å². The molecule has 1 aromatic rings. The van der Waals surface area contributed by atoms with E-state index >= 15 is 0 Å². The van der Waals surface area contributed by atoms with Gasteiger partial charge in [-0.2, -0.15) is 0 Å². The van der Waals surface area contributed by atoms with Gasteiger partial charge in [0.1, 0.15) is 0 Å². The Morgan fingerprint density at radius 2 is 1.79 bits per heavy atom. The van der Waals surface area contributed by atoms with E-state index < -0.39 is 17.8 Å². The van der Waals surface area contributed by atoms with E-state index in [9.17, 15) is 0 Å². The van der Waals surface area contributed by atoms with Gasteiger partial charge in [0.25, 0.3) is 0 Å². The van der Waals surface area contributed by atoms with E-state index in [1.54, 1.807) is 27.5 Å². The van der Waals surface area contributed by atoms with E-state index in [2.05, 4.69) is 4.98 Å². The molecule has 1 heterocycles. The third kappa shape index (κ3) is 2.87. The Hall–Kier alpha value is -0.256. The van der Waals surface area contributed by atoms with Crippen LogP contribution >= 0.6 is 0 Å². The van der Waals surface area contributed by atoms with Crippen molar-refractivity contribution < 1.29 is 27.7 Å². The molecule has 0 saturated heterocycles. The molecule has 0 atom stereocenters. The van der Waals surface area contributed by atoms with Crippen molar-refractivity contribution in [2.45, 2.75) is 4.73 Å². The van der Waals surface area contributed by atoms with Crippen LogP contribution < -0.4 is 0 Å². The fraction of sp³-hybridized carbons (Fsp3) is 0.444. The van der Waals surface area contributed by atoms with Crippen LogP contribution in [0.3, 0.4) is 0 Å². The van der Waals surface area contributed by atoms with Crippen LogP contribution in [-0.4, -0.2) is 26.3 Å². The summed E-state index contributed by atoms with van der Waals surface area (Å²) in [7, 11) is 4.86. The van der Waals surface area contributed by atoms with Crippen LogP contribution in [0.4, 0.5) is 0 Å². The minimum absolute atomic E-state index is 0.643. The topological polar surface area (TPSA) is 40.6 Å². The third-order valence-electron chi connectivity index (χ3n) is 2.06. The van der Waals surface area contributed by atoms with Gasteiger partial charge >= 0.3 is 88.8 Å². The Labute approximate surface area is 89.0 Å². The molecular formula is C9H15NO3Ti. The summed E-state index contributed by atoms with van der Waals surface area (Å²) in [6.07, 6.45) is 1.75. The molecule has 1 rings (SSSR count). The van der Waals surface area contributed by atoms with Crippen LogP contribution in [0.15, 0.2) is 24.4 Å². The number of aromatic nitrogens is 1. The quantitative estimate of drug-likeness (QED) is 0.721. The van der Waals surface area contributed by atoms with Crippen LogP contribution in [-0.2, 0) is 32.4 Å². The first-order chi connectivity index (χ1) is 6.76. The van der Waals surface area contributed by atoms with Gasteiger partial charge in [-0.05, 0) is 0 Å². The molecule has 0 radical (unpaired) electrons. The van der Waals surface area contributed by atoms with Gasteiger partial charge in [0.15, 0.2) is 0 Å². The molecule has 14 heavy (non-hydrogen) atoms. The number of pyridine rings is 1. The molecule has 0 aromatic carbocycles. The molecule has 1 aromatic heterocycles. The summed E-state index contributed by atoms with van der Waals surface area (Å²) in [5.74, 6) is 0. The Morgan fingerprint density at radius 3 is 2.21 bits per heavy atom. The maximum absolute atomic E-state index is 5.34. The van der Waals surface area contributed by atoms with Gasteiger partial charge < -0.3 is 0 Å². The monoisotopic (exact) mass is 233 g/mol. The summed E-state index contributed by atoms with van der Waals surface area (Å²) in [4.78, 5) is 4.21. The van der Waals surface area contributed by atoms with Crippen LogP contribution in [0.2, 0.25) is 0 Å². The van der Waals surface area contributed by atoms with Crippen molar-refractivity contribution in [3.05, 3.63) is 30.1 Å². The van der Waals surface area contributed by atoms with Crippen LogP contribution in [0.5, 0.6) is 0 Å². The van der Waals surface area contributed by atoms with Gasteiger partial charge in [-0.15, -0.1) is 0 Å². The Kier molecular flexibility index (Phi) is 4.71. The summed E-state index contributed by atoms with van der Waals surface area (Å²) in [6, 6.07) is 5.76. The van der Waals surface area contributed by atoms with Crippen molar-refractivity contribution in [2.24, 2.45) is 0 Å². The standard InChI is InChI=1S/C6H6N.3CH3O.Ti/c1-6-4-2-3-5-7-6;3*1-2;/h2-5H,1H2;3*1H3;/q;3*-1;+3. The molecule has 0 bridgehead atoms. The summed E-state index contributed by atoms with van der Waals surface area (Å²) < 4.78 is 16.7. The van der Waals surface area contributed by atoms with Gasteiger partial charge in [-0.25, -0.2) is 0 Å². The normalized spacial score (nSPS) is 11.6. The first-order valence-electron chi connectivity index (χ1n) is 4.31. The minimum atomic E-state index is -3.04. The summed E-state index contributed by atoms with van der Waals surface area (Å²) >= 11 is -3.04. The van der Waals surface area contributed by atoms with Crippen molar-refractivity contribution in [2.75, 3.05) is 21.3 Å². The van der Waals surface area contributed by atoms with Crippen molar-refractivity contribution in [1.82, 2.24) is 4.98 Å². The van der Waals surface area contributed by atoms with Crippen LogP contribution in [0.25, 0.3) is 0 Å². The van der Waals surface area contributed by atoms with E-state index in [-0.39, 0.29) is 0 Å². The first-order valence-corrected chi connectivity index (χ1v) is 7.33. The summed E-state index contributed by atoms with van der Waals surface area (Å²) in [5.41, 5.74) is 0.943. The first kappa shape index (κ1) is 11.8. The zero-order chi connectivity index (χ0) is 10.4. The molecular weight excluding hydrogens is 218 g/mol. The molecule has 0 spiro atoms. The van der Waals surface area contributed by atoms with Crippen molar-refractivity contribution in [3.8, 4) is 0 Å². The van der Waals surface area contributed by atoms with Crippen LogP contribution in [0.1, 0.15) is 5.69 Å². The van der Waals surface area contributed by atoms with E-state index in [1.165, 1.54) is 0 Å². The van der Waals surface area contributed by atoms with E-state index in [0.29, 0.717) is 4.73 Å². The van der Waals surface area contributed by atoms with Gasteiger partial charge in [0.05, 0.1) is 0 Å². The molecule has 0 amide bonds. The van der Waals surface area contributed by atoms with E-state index in [1.807, 2.05) is 18.2 Å². The summed E-state index contributed by atoms with van der Waals surface area (Å²) in [5, 5.41) is 0. The summed E-state index contributed by atoms with van der Waals surface area (Å²) in [6.45, 7) is 0. The fourth-order valence-corrected chi connectivity index (χ4v) is 3.67. The van der Waals surface area contributed by atoms with Gasteiger partial charge in [-0.1, -0.05) is 0 Å². The average molecular weight is 233 g/mol. The molecule has 0 N–H and O–H groups in total. The number of hydrogen-bond donors (Lipinski definition) is 0. The molecule has 0 aliphatic heterocycles. The fourth-order valence-electron chi connectivity index (χ4n) is 1.19. The second-order valence-corrected chi connectivity index (χ2v) is 7.39. The number of rotatable bonds is 5. The maximum atomic E-state index is 5.34.